The Bertz CT molecular complexity index is 885. The largest absolute Gasteiger partial charge is 0.508 e. The van der Waals surface area contributed by atoms with Gasteiger partial charge in [0.15, 0.2) is 0 Å². The second-order valence-corrected chi connectivity index (χ2v) is 7.16. The molecule has 2 N–H and O–H groups in total. The molecule has 0 radical (unpaired) electrons. The molecule has 0 bridgehead atoms. The molecule has 1 aliphatic heterocycles. The number of thiophene rings is 1. The molecular weight excluding hydrogens is 328 g/mol. The predicted octanol–water partition coefficient (Wildman–Crippen LogP) is 4.98. The van der Waals surface area contributed by atoms with E-state index in [0.29, 0.717) is 5.75 Å². The topological polar surface area (TPSA) is 44.6 Å². The van der Waals surface area contributed by atoms with Crippen LogP contribution in [0.4, 0.5) is 0 Å². The van der Waals surface area contributed by atoms with E-state index in [9.17, 15) is 5.11 Å². The van der Waals surface area contributed by atoms with Crippen LogP contribution in [0.25, 0.3) is 0 Å². The Morgan fingerprint density at radius 3 is 2.60 bits per heavy atom. The van der Waals surface area contributed by atoms with Crippen LogP contribution in [0.5, 0.6) is 5.75 Å². The van der Waals surface area contributed by atoms with Gasteiger partial charge in [-0.15, -0.1) is 0 Å². The Hall–Kier alpha value is -2.43. The zero-order valence-corrected chi connectivity index (χ0v) is 14.8. The van der Waals surface area contributed by atoms with Crippen molar-refractivity contribution in [2.24, 2.45) is 4.99 Å². The van der Waals surface area contributed by atoms with E-state index in [4.69, 9.17) is 4.99 Å². The van der Waals surface area contributed by atoms with Gasteiger partial charge in [-0.05, 0) is 35.4 Å². The quantitative estimate of drug-likeness (QED) is 0.701. The first-order chi connectivity index (χ1) is 12.2. The third kappa shape index (κ3) is 3.36. The fourth-order valence-electron chi connectivity index (χ4n) is 3.21. The number of rotatable bonds is 3. The van der Waals surface area contributed by atoms with E-state index in [1.807, 2.05) is 18.2 Å². The molecule has 0 fully saturated rings. The van der Waals surface area contributed by atoms with Crippen LogP contribution in [0, 0.1) is 6.92 Å². The molecule has 3 aromatic rings. The number of benzene rings is 2. The Morgan fingerprint density at radius 2 is 1.88 bits per heavy atom. The molecule has 1 aromatic heterocycles. The van der Waals surface area contributed by atoms with Crippen molar-refractivity contribution in [3.63, 3.8) is 0 Å². The number of aromatic hydroxyl groups is 1. The van der Waals surface area contributed by atoms with Crippen LogP contribution in [-0.2, 0) is 0 Å². The van der Waals surface area contributed by atoms with Crippen LogP contribution < -0.4 is 5.32 Å². The Labute approximate surface area is 151 Å². The minimum absolute atomic E-state index is 0.0277. The molecule has 3 nitrogen and oxygen atoms in total. The molecule has 0 saturated carbocycles. The molecule has 2 heterocycles. The first-order valence-corrected chi connectivity index (χ1v) is 9.35. The maximum atomic E-state index is 10.3. The molecule has 0 amide bonds. The lowest BCUT2D eigenvalue weighted by Crippen LogP contribution is -2.32. The molecule has 25 heavy (non-hydrogen) atoms. The molecule has 4 heteroatoms. The second kappa shape index (κ2) is 6.82. The highest BCUT2D eigenvalue weighted by molar-refractivity contribution is 7.07. The fourth-order valence-corrected chi connectivity index (χ4v) is 3.89. The molecule has 0 spiro atoms. The van der Waals surface area contributed by atoms with Crippen molar-refractivity contribution in [3.05, 3.63) is 87.6 Å². The average Bonchev–Trinajstić information content (AvgIpc) is 3.17. The van der Waals surface area contributed by atoms with Crippen molar-refractivity contribution in [3.8, 4) is 5.75 Å². The lowest BCUT2D eigenvalue weighted by molar-refractivity contribution is 0.413. The number of nitrogens with one attached hydrogen (secondary N) is 1. The highest BCUT2D eigenvalue weighted by Gasteiger charge is 2.27. The zero-order valence-electron chi connectivity index (χ0n) is 14.0. The van der Waals surface area contributed by atoms with Crippen molar-refractivity contribution in [1.82, 2.24) is 5.32 Å². The summed E-state index contributed by atoms with van der Waals surface area (Å²) in [6, 6.07) is 18.2. The summed E-state index contributed by atoms with van der Waals surface area (Å²) in [6.07, 6.45) is 0.655. The van der Waals surface area contributed by atoms with Crippen molar-refractivity contribution >= 4 is 17.0 Å². The second-order valence-electron chi connectivity index (χ2n) is 6.38. The number of phenols is 1. The van der Waals surface area contributed by atoms with Gasteiger partial charge < -0.3 is 5.11 Å². The van der Waals surface area contributed by atoms with Gasteiger partial charge in [-0.2, -0.15) is 11.3 Å². The first-order valence-electron chi connectivity index (χ1n) is 8.40. The minimum Gasteiger partial charge on any atom is -0.508 e. The molecule has 0 unspecified atom stereocenters. The normalized spacial score (nSPS) is 20.3. The maximum Gasteiger partial charge on any atom is 0.127 e. The van der Waals surface area contributed by atoms with Crippen molar-refractivity contribution in [2.45, 2.75) is 25.6 Å². The summed E-state index contributed by atoms with van der Waals surface area (Å²) in [6.45, 7) is 2.09. The van der Waals surface area contributed by atoms with E-state index >= 15 is 0 Å². The van der Waals surface area contributed by atoms with Crippen LogP contribution >= 0.6 is 11.3 Å². The van der Waals surface area contributed by atoms with E-state index in [2.05, 4.69) is 53.3 Å². The lowest BCUT2D eigenvalue weighted by atomic mass is 9.93. The lowest BCUT2D eigenvalue weighted by Gasteiger charge is -2.30. The Balaban J connectivity index is 1.74. The number of para-hydroxylation sites is 1. The molecule has 0 saturated heterocycles. The fraction of sp³-hybridized carbons (Fsp3) is 0.190. The first kappa shape index (κ1) is 16.1. The van der Waals surface area contributed by atoms with Gasteiger partial charge in [0.2, 0.25) is 0 Å². The van der Waals surface area contributed by atoms with E-state index < -0.39 is 0 Å². The SMILES string of the molecule is Cc1ccc(C2=N[C@H](c3ccsc3)N[C@@H](c3ccccc3O)C2)cc1. The van der Waals surface area contributed by atoms with Gasteiger partial charge in [0, 0.05) is 29.3 Å². The number of nitrogens with zero attached hydrogens (tertiary/aromatic N) is 1. The number of phenolic OH excluding ortho intramolecular Hbond substituents is 1. The highest BCUT2D eigenvalue weighted by Crippen LogP contribution is 2.34. The van der Waals surface area contributed by atoms with Gasteiger partial charge in [-0.25, -0.2) is 0 Å². The molecule has 4 rings (SSSR count). The van der Waals surface area contributed by atoms with Gasteiger partial charge in [0.05, 0.1) is 0 Å². The molecule has 2 atom stereocenters. The van der Waals surface area contributed by atoms with Crippen LogP contribution in [0.2, 0.25) is 0 Å². The third-order valence-corrected chi connectivity index (χ3v) is 5.30. The Morgan fingerprint density at radius 1 is 1.08 bits per heavy atom. The van der Waals surface area contributed by atoms with Crippen LogP contribution in [0.1, 0.15) is 40.9 Å². The number of aryl methyl sites for hydroxylation is 1. The van der Waals surface area contributed by atoms with Gasteiger partial charge in [0.25, 0.3) is 0 Å². The number of hydrogen-bond acceptors (Lipinski definition) is 4. The average molecular weight is 348 g/mol. The molecule has 1 aliphatic rings. The maximum absolute atomic E-state index is 10.3. The monoisotopic (exact) mass is 348 g/mol. The summed E-state index contributed by atoms with van der Waals surface area (Å²) < 4.78 is 0. The standard InChI is InChI=1S/C21H20N2OS/c1-14-6-8-15(9-7-14)18-12-19(17-4-2-3-5-20(17)24)23-21(22-18)16-10-11-25-13-16/h2-11,13,19,21,23-24H,12H2,1H3/t19-,21+/m1/s1. The van der Waals surface area contributed by atoms with Crippen LogP contribution in [0.3, 0.4) is 0 Å². The van der Waals surface area contributed by atoms with E-state index in [0.717, 1.165) is 28.8 Å². The zero-order chi connectivity index (χ0) is 17.2. The molecule has 126 valence electrons. The van der Waals surface area contributed by atoms with Crippen molar-refractivity contribution in [1.29, 1.82) is 0 Å². The summed E-state index contributed by atoms with van der Waals surface area (Å²) in [7, 11) is 0. The summed E-state index contributed by atoms with van der Waals surface area (Å²) in [4.78, 5) is 4.96. The summed E-state index contributed by atoms with van der Waals surface area (Å²) >= 11 is 1.67. The predicted molar refractivity (Wildman–Crippen MR) is 103 cm³/mol. The van der Waals surface area contributed by atoms with Crippen LogP contribution in [0.15, 0.2) is 70.3 Å². The van der Waals surface area contributed by atoms with Crippen molar-refractivity contribution in [2.75, 3.05) is 0 Å². The van der Waals surface area contributed by atoms with Gasteiger partial charge in [0.1, 0.15) is 11.9 Å². The van der Waals surface area contributed by atoms with E-state index in [1.165, 1.54) is 5.56 Å². The van der Waals surface area contributed by atoms with Gasteiger partial charge in [-0.1, -0.05) is 48.0 Å². The summed E-state index contributed by atoms with van der Waals surface area (Å²) in [5.41, 5.74) is 5.54. The summed E-state index contributed by atoms with van der Waals surface area (Å²) in [5.74, 6) is 0.328. The highest BCUT2D eigenvalue weighted by atomic mass is 32.1. The molecule has 2 aromatic carbocycles. The van der Waals surface area contributed by atoms with Gasteiger partial charge >= 0.3 is 0 Å². The third-order valence-electron chi connectivity index (χ3n) is 4.60. The van der Waals surface area contributed by atoms with Gasteiger partial charge in [-0.3, -0.25) is 10.3 Å². The number of aliphatic imine (C=N–C) groups is 1. The summed E-state index contributed by atoms with van der Waals surface area (Å²) in [5, 5.41) is 18.1. The van der Waals surface area contributed by atoms with Crippen LogP contribution in [-0.4, -0.2) is 10.8 Å². The smallest absolute Gasteiger partial charge is 0.127 e. The van der Waals surface area contributed by atoms with E-state index in [1.54, 1.807) is 17.4 Å². The molecule has 0 aliphatic carbocycles. The minimum atomic E-state index is -0.0964. The Kier molecular flexibility index (Phi) is 4.38. The molecular formula is C21H20N2OS. The van der Waals surface area contributed by atoms with E-state index in [-0.39, 0.29) is 12.2 Å². The number of hydrogen-bond donors (Lipinski definition) is 2. The van der Waals surface area contributed by atoms with Crippen molar-refractivity contribution < 1.29 is 5.11 Å².